The van der Waals surface area contributed by atoms with Gasteiger partial charge in [-0.05, 0) is 38.9 Å². The first-order chi connectivity index (χ1) is 11.5. The number of carbonyl (C=O) groups is 1. The number of pyridine rings is 1. The van der Waals surface area contributed by atoms with Crippen LogP contribution >= 0.6 is 0 Å². The Balaban J connectivity index is 1.69. The van der Waals surface area contributed by atoms with Crippen LogP contribution in [-0.2, 0) is 4.74 Å². The average molecular weight is 327 g/mol. The Morgan fingerprint density at radius 3 is 3.04 bits per heavy atom. The van der Waals surface area contributed by atoms with E-state index in [1.54, 1.807) is 0 Å². The molecule has 1 fully saturated rings. The first-order valence-electron chi connectivity index (χ1n) is 8.50. The van der Waals surface area contributed by atoms with Gasteiger partial charge < -0.3 is 15.0 Å². The number of para-hydroxylation sites is 1. The van der Waals surface area contributed by atoms with Gasteiger partial charge in [-0.1, -0.05) is 18.2 Å². The highest BCUT2D eigenvalue weighted by Crippen LogP contribution is 2.21. The van der Waals surface area contributed by atoms with Gasteiger partial charge in [-0.25, -0.2) is 0 Å². The van der Waals surface area contributed by atoms with E-state index in [9.17, 15) is 4.79 Å². The highest BCUT2D eigenvalue weighted by Gasteiger charge is 2.18. The monoisotopic (exact) mass is 327 g/mol. The number of aromatic nitrogens is 1. The van der Waals surface area contributed by atoms with Gasteiger partial charge in [-0.3, -0.25) is 9.78 Å². The number of likely N-dealkylation sites (N-methyl/N-ethyl adjacent to an activating group) is 1. The third-order valence-electron chi connectivity index (χ3n) is 4.51. The molecule has 1 saturated heterocycles. The van der Waals surface area contributed by atoms with Crippen LogP contribution in [-0.4, -0.2) is 55.2 Å². The molecule has 0 saturated carbocycles. The van der Waals surface area contributed by atoms with E-state index in [4.69, 9.17) is 4.74 Å². The molecule has 128 valence electrons. The van der Waals surface area contributed by atoms with Crippen molar-refractivity contribution in [3.05, 3.63) is 41.1 Å². The Hall–Kier alpha value is -1.98. The number of morpholine rings is 1. The van der Waals surface area contributed by atoms with Crippen LogP contribution < -0.4 is 5.32 Å². The zero-order valence-electron chi connectivity index (χ0n) is 14.6. The van der Waals surface area contributed by atoms with Crippen LogP contribution in [0, 0.1) is 13.8 Å². The molecule has 2 heterocycles. The molecule has 0 bridgehead atoms. The smallest absolute Gasteiger partial charge is 0.252 e. The van der Waals surface area contributed by atoms with E-state index in [2.05, 4.69) is 22.2 Å². The summed E-state index contributed by atoms with van der Waals surface area (Å²) in [6.07, 6.45) is 1.03. The van der Waals surface area contributed by atoms with Crippen LogP contribution in [0.1, 0.15) is 28.0 Å². The van der Waals surface area contributed by atoms with Gasteiger partial charge >= 0.3 is 0 Å². The van der Waals surface area contributed by atoms with E-state index in [-0.39, 0.29) is 12.0 Å². The van der Waals surface area contributed by atoms with E-state index >= 15 is 0 Å². The van der Waals surface area contributed by atoms with Crippen molar-refractivity contribution in [2.75, 3.05) is 33.3 Å². The van der Waals surface area contributed by atoms with Gasteiger partial charge in [0.25, 0.3) is 5.91 Å². The summed E-state index contributed by atoms with van der Waals surface area (Å²) < 4.78 is 5.74. The molecule has 0 spiro atoms. The first kappa shape index (κ1) is 16.9. The lowest BCUT2D eigenvalue weighted by atomic mass is 10.0. The van der Waals surface area contributed by atoms with Crippen LogP contribution in [0.4, 0.5) is 0 Å². The van der Waals surface area contributed by atoms with E-state index in [1.165, 1.54) is 0 Å². The van der Waals surface area contributed by atoms with Crippen LogP contribution in [0.5, 0.6) is 0 Å². The van der Waals surface area contributed by atoms with Gasteiger partial charge in [0.1, 0.15) is 0 Å². The Bertz CT molecular complexity index is 745. The van der Waals surface area contributed by atoms with E-state index in [0.29, 0.717) is 12.1 Å². The number of nitrogens with zero attached hydrogens (tertiary/aromatic N) is 2. The second kappa shape index (κ2) is 7.28. The summed E-state index contributed by atoms with van der Waals surface area (Å²) in [5, 5.41) is 3.94. The normalized spacial score (nSPS) is 18.7. The first-order valence-corrected chi connectivity index (χ1v) is 8.50. The van der Waals surface area contributed by atoms with Crippen molar-refractivity contribution in [2.24, 2.45) is 0 Å². The van der Waals surface area contributed by atoms with Gasteiger partial charge in [0.05, 0.1) is 23.8 Å². The van der Waals surface area contributed by atoms with Crippen molar-refractivity contribution in [3.8, 4) is 0 Å². The largest absolute Gasteiger partial charge is 0.375 e. The minimum Gasteiger partial charge on any atom is -0.375 e. The molecule has 1 aliphatic heterocycles. The van der Waals surface area contributed by atoms with Gasteiger partial charge in [0.15, 0.2) is 0 Å². The summed E-state index contributed by atoms with van der Waals surface area (Å²) in [7, 11) is 2.10. The summed E-state index contributed by atoms with van der Waals surface area (Å²) in [6.45, 7) is 7.23. The quantitative estimate of drug-likeness (QED) is 0.936. The van der Waals surface area contributed by atoms with E-state index in [1.807, 2.05) is 38.1 Å². The van der Waals surface area contributed by atoms with Crippen LogP contribution in [0.15, 0.2) is 24.3 Å². The molecule has 1 N–H and O–H groups in total. The third kappa shape index (κ3) is 3.74. The molecule has 2 aromatic rings. The summed E-state index contributed by atoms with van der Waals surface area (Å²) >= 11 is 0. The molecule has 1 aromatic heterocycles. The average Bonchev–Trinajstić information content (AvgIpc) is 2.55. The summed E-state index contributed by atoms with van der Waals surface area (Å²) in [4.78, 5) is 19.5. The zero-order valence-corrected chi connectivity index (χ0v) is 14.6. The zero-order chi connectivity index (χ0) is 17.1. The number of fused-ring (bicyclic) bond motifs is 1. The fourth-order valence-corrected chi connectivity index (χ4v) is 3.19. The van der Waals surface area contributed by atoms with Gasteiger partial charge in [0, 0.05) is 30.7 Å². The molecule has 1 amide bonds. The predicted molar refractivity (Wildman–Crippen MR) is 95.4 cm³/mol. The molecule has 5 nitrogen and oxygen atoms in total. The molecule has 0 aliphatic carbocycles. The number of hydrogen-bond acceptors (Lipinski definition) is 4. The molecule has 3 rings (SSSR count). The Kier molecular flexibility index (Phi) is 5.11. The molecule has 1 atom stereocenters. The molecular formula is C19H25N3O2. The Morgan fingerprint density at radius 1 is 1.42 bits per heavy atom. The van der Waals surface area contributed by atoms with E-state index < -0.39 is 0 Å². The Morgan fingerprint density at radius 2 is 2.25 bits per heavy atom. The molecule has 1 aliphatic rings. The number of carbonyl (C=O) groups excluding carboxylic acids is 1. The number of rotatable bonds is 4. The predicted octanol–water partition coefficient (Wildman–Crippen LogP) is 2.30. The molecule has 5 heteroatoms. The van der Waals surface area contributed by atoms with Crippen LogP contribution in [0.2, 0.25) is 0 Å². The number of hydrogen-bond donors (Lipinski definition) is 1. The lowest BCUT2D eigenvalue weighted by Crippen LogP contribution is -2.41. The topological polar surface area (TPSA) is 54.5 Å². The summed E-state index contributed by atoms with van der Waals surface area (Å²) in [5.41, 5.74) is 3.55. The summed E-state index contributed by atoms with van der Waals surface area (Å²) in [5.74, 6) is -0.0414. The number of benzene rings is 1. The third-order valence-corrected chi connectivity index (χ3v) is 4.51. The fourth-order valence-electron chi connectivity index (χ4n) is 3.19. The van der Waals surface area contributed by atoms with Crippen molar-refractivity contribution in [3.63, 3.8) is 0 Å². The van der Waals surface area contributed by atoms with Crippen molar-refractivity contribution in [1.29, 1.82) is 0 Å². The lowest BCUT2D eigenvalue weighted by molar-refractivity contribution is -0.0225. The fraction of sp³-hybridized carbons (Fsp3) is 0.474. The van der Waals surface area contributed by atoms with Crippen molar-refractivity contribution in [1.82, 2.24) is 15.2 Å². The van der Waals surface area contributed by atoms with E-state index in [0.717, 1.165) is 48.3 Å². The number of aryl methyl sites for hydroxylation is 2. The second-order valence-electron chi connectivity index (χ2n) is 6.58. The van der Waals surface area contributed by atoms with Gasteiger partial charge in [-0.15, -0.1) is 0 Å². The minimum absolute atomic E-state index is 0.0414. The maximum Gasteiger partial charge on any atom is 0.252 e. The number of ether oxygens (including phenoxy) is 1. The second-order valence-corrected chi connectivity index (χ2v) is 6.58. The van der Waals surface area contributed by atoms with Crippen LogP contribution in [0.3, 0.4) is 0 Å². The lowest BCUT2D eigenvalue weighted by Gasteiger charge is -2.30. The standard InChI is InChI=1S/C19H25N3O2/c1-13-5-4-6-16-17(11-14(2)21-18(13)16)19(23)20-8-7-15-12-22(3)9-10-24-15/h4-6,11,15H,7-10,12H2,1-3H3,(H,20,23)/t15-/m0/s1. The SMILES string of the molecule is Cc1cc(C(=O)NCC[C@H]2CN(C)CCO2)c2cccc(C)c2n1. The number of nitrogens with one attached hydrogen (secondary N) is 1. The van der Waals surface area contributed by atoms with Gasteiger partial charge in [0.2, 0.25) is 0 Å². The highest BCUT2D eigenvalue weighted by molar-refractivity contribution is 6.06. The molecular weight excluding hydrogens is 302 g/mol. The van der Waals surface area contributed by atoms with Crippen molar-refractivity contribution in [2.45, 2.75) is 26.4 Å². The highest BCUT2D eigenvalue weighted by atomic mass is 16.5. The minimum atomic E-state index is -0.0414. The molecule has 0 unspecified atom stereocenters. The summed E-state index contributed by atoms with van der Waals surface area (Å²) in [6, 6.07) is 7.81. The van der Waals surface area contributed by atoms with Gasteiger partial charge in [-0.2, -0.15) is 0 Å². The maximum atomic E-state index is 12.6. The molecule has 24 heavy (non-hydrogen) atoms. The van der Waals surface area contributed by atoms with Crippen LogP contribution in [0.25, 0.3) is 10.9 Å². The number of amides is 1. The Labute approximate surface area is 143 Å². The van der Waals surface area contributed by atoms with Crippen molar-refractivity contribution >= 4 is 16.8 Å². The molecule has 0 radical (unpaired) electrons. The van der Waals surface area contributed by atoms with Crippen molar-refractivity contribution < 1.29 is 9.53 Å². The molecule has 1 aromatic carbocycles. The maximum absolute atomic E-state index is 12.6.